The van der Waals surface area contributed by atoms with Crippen LogP contribution in [0.15, 0.2) is 36.4 Å². The number of allylic oxidation sites excluding steroid dienone is 1. The van der Waals surface area contributed by atoms with E-state index < -0.39 is 17.9 Å². The number of benzene rings is 1. The van der Waals surface area contributed by atoms with Crippen LogP contribution in [-0.2, 0) is 4.79 Å². The predicted octanol–water partition coefficient (Wildman–Crippen LogP) is 2.87. The Morgan fingerprint density at radius 3 is 2.68 bits per heavy atom. The van der Waals surface area contributed by atoms with E-state index in [1.807, 2.05) is 13.8 Å². The van der Waals surface area contributed by atoms with Crippen molar-refractivity contribution in [3.63, 3.8) is 0 Å². The number of aliphatic carboxylic acids is 1. The number of ether oxygens (including phenoxy) is 1. The molecule has 0 aliphatic heterocycles. The van der Waals surface area contributed by atoms with Gasteiger partial charge in [-0.2, -0.15) is 0 Å². The molecule has 5 nitrogen and oxygen atoms in total. The number of carbonyl (C=O) groups is 2. The predicted molar refractivity (Wildman–Crippen MR) is 85.1 cm³/mol. The third kappa shape index (κ3) is 5.99. The average Bonchev–Trinajstić information content (AvgIpc) is 2.49. The lowest BCUT2D eigenvalue weighted by Crippen LogP contribution is -2.40. The number of carbonyl (C=O) groups excluding carboxylic acids is 1. The fraction of sp³-hybridized carbons (Fsp3) is 0.412. The Balaban J connectivity index is 2.75. The van der Waals surface area contributed by atoms with E-state index in [1.54, 1.807) is 43.3 Å². The zero-order valence-electron chi connectivity index (χ0n) is 13.2. The van der Waals surface area contributed by atoms with E-state index in [1.165, 1.54) is 0 Å². The number of carboxylic acids is 1. The SMILES string of the molecule is C/C=C/CC(NC(=O)c1cccc(OCC(C)C)c1)C(=O)O. The van der Waals surface area contributed by atoms with Gasteiger partial charge in [-0.15, -0.1) is 0 Å². The summed E-state index contributed by atoms with van der Waals surface area (Å²) in [6, 6.07) is 5.79. The van der Waals surface area contributed by atoms with Gasteiger partial charge in [0, 0.05) is 5.56 Å². The highest BCUT2D eigenvalue weighted by molar-refractivity contribution is 5.96. The van der Waals surface area contributed by atoms with E-state index in [-0.39, 0.29) is 6.42 Å². The van der Waals surface area contributed by atoms with E-state index in [0.717, 1.165) is 0 Å². The van der Waals surface area contributed by atoms with Gasteiger partial charge in [0.05, 0.1) is 6.61 Å². The second-order valence-corrected chi connectivity index (χ2v) is 5.40. The van der Waals surface area contributed by atoms with Crippen LogP contribution in [0.1, 0.15) is 37.6 Å². The molecular weight excluding hydrogens is 282 g/mol. The fourth-order valence-electron chi connectivity index (χ4n) is 1.73. The molecule has 1 aromatic rings. The molecule has 0 aromatic heterocycles. The van der Waals surface area contributed by atoms with Crippen LogP contribution >= 0.6 is 0 Å². The molecule has 1 atom stereocenters. The first kappa shape index (κ1) is 17.8. The van der Waals surface area contributed by atoms with Crippen molar-refractivity contribution in [3.8, 4) is 5.75 Å². The molecule has 0 bridgehead atoms. The van der Waals surface area contributed by atoms with E-state index in [0.29, 0.717) is 23.8 Å². The van der Waals surface area contributed by atoms with Crippen molar-refractivity contribution in [3.05, 3.63) is 42.0 Å². The minimum absolute atomic E-state index is 0.251. The molecule has 22 heavy (non-hydrogen) atoms. The lowest BCUT2D eigenvalue weighted by Gasteiger charge is -2.14. The Labute approximate surface area is 131 Å². The van der Waals surface area contributed by atoms with Crippen molar-refractivity contribution < 1.29 is 19.4 Å². The Morgan fingerprint density at radius 2 is 2.09 bits per heavy atom. The zero-order valence-corrected chi connectivity index (χ0v) is 13.2. The second-order valence-electron chi connectivity index (χ2n) is 5.40. The molecule has 0 radical (unpaired) electrons. The largest absolute Gasteiger partial charge is 0.493 e. The molecule has 2 N–H and O–H groups in total. The van der Waals surface area contributed by atoms with Crippen LogP contribution in [0.3, 0.4) is 0 Å². The molecule has 120 valence electrons. The van der Waals surface area contributed by atoms with Gasteiger partial charge in [-0.05, 0) is 37.5 Å². The van der Waals surface area contributed by atoms with Crippen molar-refractivity contribution in [1.82, 2.24) is 5.32 Å². The summed E-state index contributed by atoms with van der Waals surface area (Å²) in [4.78, 5) is 23.3. The zero-order chi connectivity index (χ0) is 16.5. The van der Waals surface area contributed by atoms with Crippen LogP contribution in [-0.4, -0.2) is 29.6 Å². The van der Waals surface area contributed by atoms with Gasteiger partial charge < -0.3 is 15.2 Å². The smallest absolute Gasteiger partial charge is 0.326 e. The number of hydrogen-bond donors (Lipinski definition) is 2. The molecule has 0 saturated heterocycles. The third-order valence-corrected chi connectivity index (χ3v) is 2.89. The molecule has 1 amide bonds. The number of nitrogens with one attached hydrogen (secondary N) is 1. The average molecular weight is 305 g/mol. The topological polar surface area (TPSA) is 75.6 Å². The van der Waals surface area contributed by atoms with Crippen molar-refractivity contribution in [2.75, 3.05) is 6.61 Å². The highest BCUT2D eigenvalue weighted by Crippen LogP contribution is 2.14. The maximum atomic E-state index is 12.2. The molecule has 1 aromatic carbocycles. The van der Waals surface area contributed by atoms with Crippen LogP contribution in [0, 0.1) is 5.92 Å². The van der Waals surface area contributed by atoms with Crippen LogP contribution < -0.4 is 10.1 Å². The molecule has 1 unspecified atom stereocenters. The van der Waals surface area contributed by atoms with Crippen molar-refractivity contribution >= 4 is 11.9 Å². The Bertz CT molecular complexity index is 537. The summed E-state index contributed by atoms with van der Waals surface area (Å²) in [6.07, 6.45) is 3.71. The Morgan fingerprint density at radius 1 is 1.36 bits per heavy atom. The molecule has 0 aliphatic rings. The van der Waals surface area contributed by atoms with Gasteiger partial charge in [0.15, 0.2) is 0 Å². The van der Waals surface area contributed by atoms with Gasteiger partial charge in [0.2, 0.25) is 0 Å². The molecule has 0 fully saturated rings. The maximum absolute atomic E-state index is 12.2. The van der Waals surface area contributed by atoms with Gasteiger partial charge >= 0.3 is 5.97 Å². The first-order valence-corrected chi connectivity index (χ1v) is 7.31. The summed E-state index contributed by atoms with van der Waals surface area (Å²) < 4.78 is 5.57. The summed E-state index contributed by atoms with van der Waals surface area (Å²) in [5, 5.41) is 11.6. The number of rotatable bonds is 8. The van der Waals surface area contributed by atoms with E-state index in [2.05, 4.69) is 5.32 Å². The highest BCUT2D eigenvalue weighted by atomic mass is 16.5. The van der Waals surface area contributed by atoms with Crippen LogP contribution in [0.4, 0.5) is 0 Å². The molecule has 0 saturated carbocycles. The monoisotopic (exact) mass is 305 g/mol. The summed E-state index contributed by atoms with van der Waals surface area (Å²) in [7, 11) is 0. The molecule has 0 spiro atoms. The number of amides is 1. The van der Waals surface area contributed by atoms with Crippen LogP contribution in [0.5, 0.6) is 5.75 Å². The number of hydrogen-bond acceptors (Lipinski definition) is 3. The number of carboxylic acid groups (broad SMARTS) is 1. The van der Waals surface area contributed by atoms with Crippen molar-refractivity contribution in [1.29, 1.82) is 0 Å². The first-order valence-electron chi connectivity index (χ1n) is 7.31. The van der Waals surface area contributed by atoms with Crippen LogP contribution in [0.25, 0.3) is 0 Å². The lowest BCUT2D eigenvalue weighted by atomic mass is 10.1. The van der Waals surface area contributed by atoms with Crippen molar-refractivity contribution in [2.24, 2.45) is 5.92 Å². The summed E-state index contributed by atoms with van der Waals surface area (Å²) in [5.74, 6) is -0.498. The summed E-state index contributed by atoms with van der Waals surface area (Å²) in [6.45, 7) is 6.44. The fourth-order valence-corrected chi connectivity index (χ4v) is 1.73. The lowest BCUT2D eigenvalue weighted by molar-refractivity contribution is -0.139. The molecular formula is C17H23NO4. The maximum Gasteiger partial charge on any atom is 0.326 e. The van der Waals surface area contributed by atoms with E-state index in [9.17, 15) is 9.59 Å². The van der Waals surface area contributed by atoms with E-state index >= 15 is 0 Å². The highest BCUT2D eigenvalue weighted by Gasteiger charge is 2.19. The van der Waals surface area contributed by atoms with Gasteiger partial charge in [-0.1, -0.05) is 32.1 Å². The summed E-state index contributed by atoms with van der Waals surface area (Å²) in [5.41, 5.74) is 0.382. The Hall–Kier alpha value is -2.30. The first-order chi connectivity index (χ1) is 10.4. The molecule has 0 heterocycles. The van der Waals surface area contributed by atoms with Gasteiger partial charge in [-0.25, -0.2) is 4.79 Å². The second kappa shape index (κ2) is 8.87. The third-order valence-electron chi connectivity index (χ3n) is 2.89. The minimum atomic E-state index is -1.06. The van der Waals surface area contributed by atoms with E-state index in [4.69, 9.17) is 9.84 Å². The van der Waals surface area contributed by atoms with Gasteiger partial charge in [-0.3, -0.25) is 4.79 Å². The molecule has 0 aliphatic carbocycles. The standard InChI is InChI=1S/C17H23NO4/c1-4-5-9-15(17(20)21)18-16(19)13-7-6-8-14(10-13)22-11-12(2)3/h4-8,10,12,15H,9,11H2,1-3H3,(H,18,19)(H,20,21)/b5-4+. The molecule has 1 rings (SSSR count). The van der Waals surface area contributed by atoms with Crippen molar-refractivity contribution in [2.45, 2.75) is 33.2 Å². The normalized spacial score (nSPS) is 12.4. The quantitative estimate of drug-likeness (QED) is 0.724. The van der Waals surface area contributed by atoms with Crippen LogP contribution in [0.2, 0.25) is 0 Å². The summed E-state index contributed by atoms with van der Waals surface area (Å²) >= 11 is 0. The molecule has 5 heteroatoms. The van der Waals surface area contributed by atoms with Gasteiger partial charge in [0.25, 0.3) is 5.91 Å². The van der Waals surface area contributed by atoms with Gasteiger partial charge in [0.1, 0.15) is 11.8 Å². The Kier molecular flexibility index (Phi) is 7.16. The minimum Gasteiger partial charge on any atom is -0.493 e.